The lowest BCUT2D eigenvalue weighted by atomic mass is 9.94. The molecule has 0 bridgehead atoms. The number of anilines is 1. The van der Waals surface area contributed by atoms with Crippen LogP contribution in [0.1, 0.15) is 25.3 Å². The summed E-state index contributed by atoms with van der Waals surface area (Å²) >= 11 is 0. The summed E-state index contributed by atoms with van der Waals surface area (Å²) in [5.41, 5.74) is 2.40. The van der Waals surface area contributed by atoms with Gasteiger partial charge in [-0.3, -0.25) is 4.79 Å². The zero-order valence-electron chi connectivity index (χ0n) is 10.8. The van der Waals surface area contributed by atoms with Crippen LogP contribution in [0.4, 0.5) is 5.69 Å². The van der Waals surface area contributed by atoms with E-state index >= 15 is 0 Å². The summed E-state index contributed by atoms with van der Waals surface area (Å²) in [4.78, 5) is 14.6. The quantitative estimate of drug-likeness (QED) is 0.760. The molecule has 2 aliphatic rings. The molecule has 0 aromatic heterocycles. The molecule has 1 aromatic rings. The molecule has 2 heterocycles. The molecule has 0 aliphatic carbocycles. The average molecular weight is 245 g/mol. The van der Waals surface area contributed by atoms with Crippen LogP contribution < -0.4 is 4.90 Å². The first-order chi connectivity index (χ1) is 8.77. The number of para-hydroxylation sites is 1. The second-order valence-corrected chi connectivity index (χ2v) is 5.29. The van der Waals surface area contributed by atoms with Crippen molar-refractivity contribution in [2.24, 2.45) is 5.92 Å². The van der Waals surface area contributed by atoms with Crippen LogP contribution in [-0.4, -0.2) is 25.2 Å². The molecule has 1 saturated heterocycles. The molecule has 1 fully saturated rings. The third-order valence-electron chi connectivity index (χ3n) is 4.04. The number of fused-ring (bicyclic) bond motifs is 1. The Morgan fingerprint density at radius 3 is 2.94 bits per heavy atom. The molecule has 2 unspecified atom stereocenters. The SMILES string of the molecule is CC1CCc2ccccc2N1C(=O)C1CCOC1. The van der Waals surface area contributed by atoms with Crippen molar-refractivity contribution in [3.63, 3.8) is 0 Å². The van der Waals surface area contributed by atoms with Crippen molar-refractivity contribution in [3.05, 3.63) is 29.8 Å². The lowest BCUT2D eigenvalue weighted by molar-refractivity contribution is -0.122. The van der Waals surface area contributed by atoms with E-state index in [4.69, 9.17) is 4.74 Å². The predicted octanol–water partition coefficient (Wildman–Crippen LogP) is 2.39. The standard InChI is InChI=1S/C15H19NO2/c1-11-6-7-12-4-2-3-5-14(12)16(11)15(17)13-8-9-18-10-13/h2-5,11,13H,6-10H2,1H3. The van der Waals surface area contributed by atoms with Crippen LogP contribution in [0.25, 0.3) is 0 Å². The molecule has 3 rings (SSSR count). The number of hydrogen-bond acceptors (Lipinski definition) is 2. The molecule has 0 radical (unpaired) electrons. The molecular weight excluding hydrogens is 226 g/mol. The third kappa shape index (κ3) is 1.93. The van der Waals surface area contributed by atoms with Gasteiger partial charge in [-0.2, -0.15) is 0 Å². The Balaban J connectivity index is 1.92. The largest absolute Gasteiger partial charge is 0.381 e. The van der Waals surface area contributed by atoms with E-state index in [9.17, 15) is 4.79 Å². The Morgan fingerprint density at radius 2 is 2.17 bits per heavy atom. The lowest BCUT2D eigenvalue weighted by Gasteiger charge is -2.36. The van der Waals surface area contributed by atoms with Crippen LogP contribution in [0.15, 0.2) is 24.3 Å². The second-order valence-electron chi connectivity index (χ2n) is 5.29. The first-order valence-corrected chi connectivity index (χ1v) is 6.76. The minimum Gasteiger partial charge on any atom is -0.381 e. The van der Waals surface area contributed by atoms with Crippen molar-refractivity contribution >= 4 is 11.6 Å². The van der Waals surface area contributed by atoms with Crippen molar-refractivity contribution in [2.45, 2.75) is 32.2 Å². The van der Waals surface area contributed by atoms with Crippen molar-refractivity contribution in [1.29, 1.82) is 0 Å². The highest BCUT2D eigenvalue weighted by Gasteiger charge is 2.34. The van der Waals surface area contributed by atoms with Gasteiger partial charge in [-0.15, -0.1) is 0 Å². The van der Waals surface area contributed by atoms with Crippen LogP contribution in [0.5, 0.6) is 0 Å². The number of ether oxygens (including phenoxy) is 1. The van der Waals surface area contributed by atoms with Crippen LogP contribution in [0.2, 0.25) is 0 Å². The zero-order chi connectivity index (χ0) is 12.5. The number of aryl methyl sites for hydroxylation is 1. The Morgan fingerprint density at radius 1 is 1.33 bits per heavy atom. The second kappa shape index (κ2) is 4.73. The van der Waals surface area contributed by atoms with Gasteiger partial charge in [-0.25, -0.2) is 0 Å². The number of hydrogen-bond donors (Lipinski definition) is 0. The first kappa shape index (κ1) is 11.7. The molecule has 3 heteroatoms. The molecule has 96 valence electrons. The van der Waals surface area contributed by atoms with Crippen molar-refractivity contribution in [1.82, 2.24) is 0 Å². The number of amides is 1. The van der Waals surface area contributed by atoms with E-state index in [-0.39, 0.29) is 11.8 Å². The fourth-order valence-corrected chi connectivity index (χ4v) is 2.95. The minimum atomic E-state index is 0.0543. The highest BCUT2D eigenvalue weighted by atomic mass is 16.5. The van der Waals surface area contributed by atoms with Crippen molar-refractivity contribution < 1.29 is 9.53 Å². The van der Waals surface area contributed by atoms with Crippen molar-refractivity contribution in [2.75, 3.05) is 18.1 Å². The highest BCUT2D eigenvalue weighted by molar-refractivity contribution is 5.97. The molecule has 2 aliphatic heterocycles. The molecule has 2 atom stereocenters. The summed E-state index contributed by atoms with van der Waals surface area (Å²) in [5, 5.41) is 0. The molecule has 0 N–H and O–H groups in total. The predicted molar refractivity (Wildman–Crippen MR) is 70.6 cm³/mol. The molecular formula is C15H19NO2. The molecule has 1 amide bonds. The maximum Gasteiger partial charge on any atom is 0.232 e. The Bertz CT molecular complexity index is 452. The van der Waals surface area contributed by atoms with Gasteiger partial charge in [0.1, 0.15) is 0 Å². The van der Waals surface area contributed by atoms with Gasteiger partial charge < -0.3 is 9.64 Å². The van der Waals surface area contributed by atoms with Crippen LogP contribution in [0, 0.1) is 5.92 Å². The fourth-order valence-electron chi connectivity index (χ4n) is 2.95. The third-order valence-corrected chi connectivity index (χ3v) is 4.04. The molecule has 0 saturated carbocycles. The summed E-state index contributed by atoms with van der Waals surface area (Å²) in [5.74, 6) is 0.297. The van der Waals surface area contributed by atoms with Crippen LogP contribution in [-0.2, 0) is 16.0 Å². The molecule has 0 spiro atoms. The smallest absolute Gasteiger partial charge is 0.232 e. The van der Waals surface area contributed by atoms with Gasteiger partial charge >= 0.3 is 0 Å². The van der Waals surface area contributed by atoms with Gasteiger partial charge in [0.05, 0.1) is 12.5 Å². The Kier molecular flexibility index (Phi) is 3.08. The molecule has 1 aromatic carbocycles. The average Bonchev–Trinajstić information content (AvgIpc) is 2.92. The van der Waals surface area contributed by atoms with E-state index in [1.54, 1.807) is 0 Å². The molecule has 3 nitrogen and oxygen atoms in total. The number of rotatable bonds is 1. The van der Waals surface area contributed by atoms with Gasteiger partial charge in [0.25, 0.3) is 0 Å². The van der Waals surface area contributed by atoms with E-state index in [0.29, 0.717) is 12.6 Å². The minimum absolute atomic E-state index is 0.0543. The monoisotopic (exact) mass is 245 g/mol. The van der Waals surface area contributed by atoms with Gasteiger partial charge in [0.15, 0.2) is 0 Å². The normalized spacial score (nSPS) is 27.1. The summed E-state index contributed by atoms with van der Waals surface area (Å²) in [6.07, 6.45) is 2.99. The van der Waals surface area contributed by atoms with Crippen molar-refractivity contribution in [3.8, 4) is 0 Å². The summed E-state index contributed by atoms with van der Waals surface area (Å²) in [6, 6.07) is 8.57. The Hall–Kier alpha value is -1.35. The van der Waals surface area contributed by atoms with Gasteiger partial charge in [-0.1, -0.05) is 18.2 Å². The highest BCUT2D eigenvalue weighted by Crippen LogP contribution is 2.32. The van der Waals surface area contributed by atoms with E-state index in [1.807, 2.05) is 11.0 Å². The van der Waals surface area contributed by atoms with E-state index in [1.165, 1.54) is 5.56 Å². The van der Waals surface area contributed by atoms with Gasteiger partial charge in [-0.05, 0) is 37.8 Å². The maximum atomic E-state index is 12.6. The number of carbonyl (C=O) groups excluding carboxylic acids is 1. The van der Waals surface area contributed by atoms with Gasteiger partial charge in [0, 0.05) is 18.3 Å². The maximum absolute atomic E-state index is 12.6. The zero-order valence-corrected chi connectivity index (χ0v) is 10.8. The first-order valence-electron chi connectivity index (χ1n) is 6.76. The fraction of sp³-hybridized carbons (Fsp3) is 0.533. The van der Waals surface area contributed by atoms with E-state index < -0.39 is 0 Å². The van der Waals surface area contributed by atoms with Crippen LogP contribution >= 0.6 is 0 Å². The summed E-state index contributed by atoms with van der Waals surface area (Å²) in [7, 11) is 0. The molecule has 18 heavy (non-hydrogen) atoms. The summed E-state index contributed by atoms with van der Waals surface area (Å²) in [6.45, 7) is 3.45. The van der Waals surface area contributed by atoms with Gasteiger partial charge in [0.2, 0.25) is 5.91 Å². The number of benzene rings is 1. The van der Waals surface area contributed by atoms with E-state index in [2.05, 4.69) is 25.1 Å². The number of carbonyl (C=O) groups is 1. The number of nitrogens with zero attached hydrogens (tertiary/aromatic N) is 1. The lowest BCUT2D eigenvalue weighted by Crippen LogP contribution is -2.45. The Labute approximate surface area is 108 Å². The summed E-state index contributed by atoms with van der Waals surface area (Å²) < 4.78 is 5.34. The topological polar surface area (TPSA) is 29.5 Å². The van der Waals surface area contributed by atoms with E-state index in [0.717, 1.165) is 31.6 Å². The van der Waals surface area contributed by atoms with Crippen LogP contribution in [0.3, 0.4) is 0 Å².